The lowest BCUT2D eigenvalue weighted by Gasteiger charge is -2.24. The van der Waals surface area contributed by atoms with Gasteiger partial charge in [0.05, 0.1) is 17.0 Å². The molecule has 0 atom stereocenters. The van der Waals surface area contributed by atoms with Gasteiger partial charge in [-0.25, -0.2) is 5.01 Å². The van der Waals surface area contributed by atoms with Crippen molar-refractivity contribution in [3.63, 3.8) is 0 Å². The molecule has 0 bridgehead atoms. The van der Waals surface area contributed by atoms with Gasteiger partial charge in [0.25, 0.3) is 0 Å². The third kappa shape index (κ3) is 4.22. The zero-order valence-electron chi connectivity index (χ0n) is 13.1. The average Bonchev–Trinajstić information content (AvgIpc) is 2.51. The monoisotopic (exact) mass is 277 g/mol. The largest absolute Gasteiger partial charge is 0.382 e. The van der Waals surface area contributed by atoms with Crippen molar-refractivity contribution in [1.29, 1.82) is 0 Å². The van der Waals surface area contributed by atoms with Crippen molar-refractivity contribution in [2.75, 3.05) is 10.3 Å². The molecule has 0 aromatic heterocycles. The number of nitrogens with one attached hydrogen (secondary N) is 1. The molecule has 0 saturated carbocycles. The molecule has 0 unspecified atom stereocenters. The van der Waals surface area contributed by atoms with Crippen LogP contribution in [0, 0.1) is 4.91 Å². The Labute approximate surface area is 122 Å². The minimum atomic E-state index is 0.172. The lowest BCUT2D eigenvalue weighted by Crippen LogP contribution is -2.28. The zero-order chi connectivity index (χ0) is 15.0. The Morgan fingerprint density at radius 1 is 1.00 bits per heavy atom. The second-order valence-electron chi connectivity index (χ2n) is 5.10. The van der Waals surface area contributed by atoms with Gasteiger partial charge in [-0.1, -0.05) is 27.7 Å². The first-order valence-electron chi connectivity index (χ1n) is 7.69. The van der Waals surface area contributed by atoms with E-state index < -0.39 is 0 Å². The lowest BCUT2D eigenvalue weighted by molar-refractivity contribution is 0.567. The number of nitrogens with zero attached hydrogens (tertiary/aromatic N) is 2. The first kappa shape index (κ1) is 16.5. The third-order valence-corrected chi connectivity index (χ3v) is 3.86. The van der Waals surface area contributed by atoms with Crippen LogP contribution >= 0.6 is 0 Å². The molecule has 1 rings (SSSR count). The predicted molar refractivity (Wildman–Crippen MR) is 87.1 cm³/mol. The fourth-order valence-electron chi connectivity index (χ4n) is 2.40. The van der Waals surface area contributed by atoms with Crippen LogP contribution in [0.5, 0.6) is 0 Å². The van der Waals surface area contributed by atoms with Gasteiger partial charge in [-0.2, -0.15) is 0 Å². The van der Waals surface area contributed by atoms with Gasteiger partial charge >= 0.3 is 0 Å². The van der Waals surface area contributed by atoms with Gasteiger partial charge in [-0.3, -0.25) is 0 Å². The predicted octanol–water partition coefficient (Wildman–Crippen LogP) is 4.96. The maximum absolute atomic E-state index is 11.1. The zero-order valence-corrected chi connectivity index (χ0v) is 13.1. The molecular weight excluding hydrogens is 250 g/mol. The molecule has 112 valence electrons. The summed E-state index contributed by atoms with van der Waals surface area (Å²) < 4.78 is 0. The van der Waals surface area contributed by atoms with E-state index >= 15 is 0 Å². The van der Waals surface area contributed by atoms with Crippen molar-refractivity contribution < 1.29 is 0 Å². The van der Waals surface area contributed by atoms with E-state index in [4.69, 9.17) is 0 Å². The van der Waals surface area contributed by atoms with Crippen LogP contribution in [0.25, 0.3) is 0 Å². The van der Waals surface area contributed by atoms with Crippen LogP contribution in [0.1, 0.15) is 53.4 Å². The molecule has 1 N–H and O–H groups in total. The van der Waals surface area contributed by atoms with Crippen LogP contribution in [0.15, 0.2) is 29.6 Å². The maximum atomic E-state index is 11.1. The molecule has 0 aliphatic heterocycles. The van der Waals surface area contributed by atoms with Crippen LogP contribution in [0.3, 0.4) is 0 Å². The van der Waals surface area contributed by atoms with Crippen molar-refractivity contribution >= 4 is 11.4 Å². The summed E-state index contributed by atoms with van der Waals surface area (Å²) in [4.78, 5) is 11.1. The van der Waals surface area contributed by atoms with Crippen molar-refractivity contribution in [1.82, 2.24) is 0 Å². The fraction of sp³-hybridized carbons (Fsp3) is 0.625. The number of hydrogen-bond acceptors (Lipinski definition) is 3. The summed E-state index contributed by atoms with van der Waals surface area (Å²) in [6.07, 6.45) is 4.04. The molecule has 0 radical (unpaired) electrons. The second-order valence-corrected chi connectivity index (χ2v) is 5.10. The summed E-state index contributed by atoms with van der Waals surface area (Å²) >= 11 is 0. The summed E-state index contributed by atoms with van der Waals surface area (Å²) in [7, 11) is 0. The average molecular weight is 277 g/mol. The molecule has 0 saturated heterocycles. The number of rotatable bonds is 9. The van der Waals surface area contributed by atoms with E-state index in [1.165, 1.54) is 0 Å². The summed E-state index contributed by atoms with van der Waals surface area (Å²) in [5.74, 6) is 0. The van der Waals surface area contributed by atoms with Crippen molar-refractivity contribution in [2.45, 2.75) is 65.5 Å². The summed E-state index contributed by atoms with van der Waals surface area (Å²) in [6, 6.07) is 8.64. The van der Waals surface area contributed by atoms with Gasteiger partial charge in [0.1, 0.15) is 0 Å². The van der Waals surface area contributed by atoms with E-state index in [0.29, 0.717) is 6.04 Å². The van der Waals surface area contributed by atoms with Crippen LogP contribution in [-0.4, -0.2) is 12.1 Å². The topological polar surface area (TPSA) is 44.7 Å². The van der Waals surface area contributed by atoms with E-state index in [-0.39, 0.29) is 6.04 Å². The van der Waals surface area contributed by atoms with Crippen LogP contribution in [0.4, 0.5) is 11.4 Å². The smallest absolute Gasteiger partial charge is 0.0631 e. The Balaban J connectivity index is 2.81. The molecule has 0 heterocycles. The maximum Gasteiger partial charge on any atom is 0.0631 e. The SMILES string of the molecule is CCC(CC)Nc1ccc(N(N=O)C(CC)CC)cc1. The number of hydrogen-bond donors (Lipinski definition) is 1. The highest BCUT2D eigenvalue weighted by atomic mass is 16.3. The molecule has 0 spiro atoms. The molecule has 4 nitrogen and oxygen atoms in total. The summed E-state index contributed by atoms with van der Waals surface area (Å²) in [5.41, 5.74) is 1.96. The van der Waals surface area contributed by atoms with Gasteiger partial charge in [0.15, 0.2) is 0 Å². The second kappa shape index (κ2) is 8.56. The highest BCUT2D eigenvalue weighted by Gasteiger charge is 2.16. The number of anilines is 2. The minimum absolute atomic E-state index is 0.172. The van der Waals surface area contributed by atoms with Crippen molar-refractivity contribution in [2.24, 2.45) is 5.29 Å². The Morgan fingerprint density at radius 3 is 1.95 bits per heavy atom. The molecule has 0 fully saturated rings. The van der Waals surface area contributed by atoms with Gasteiger partial charge in [-0.15, -0.1) is 4.91 Å². The first-order chi connectivity index (χ1) is 9.69. The van der Waals surface area contributed by atoms with Gasteiger partial charge in [0.2, 0.25) is 0 Å². The molecule has 1 aromatic carbocycles. The Hall–Kier alpha value is -1.58. The van der Waals surface area contributed by atoms with Crippen LogP contribution in [0.2, 0.25) is 0 Å². The van der Waals surface area contributed by atoms with E-state index in [2.05, 4.69) is 38.3 Å². The highest BCUT2D eigenvalue weighted by Crippen LogP contribution is 2.23. The molecule has 0 aliphatic rings. The Kier molecular flexibility index (Phi) is 7.05. The molecule has 4 heteroatoms. The molecule has 0 amide bonds. The van der Waals surface area contributed by atoms with Crippen molar-refractivity contribution in [3.05, 3.63) is 29.2 Å². The number of nitroso groups, excluding NO2 is 1. The van der Waals surface area contributed by atoms with Crippen molar-refractivity contribution in [3.8, 4) is 0 Å². The van der Waals surface area contributed by atoms with Crippen LogP contribution < -0.4 is 10.3 Å². The van der Waals surface area contributed by atoms with Crippen LogP contribution in [-0.2, 0) is 0 Å². The molecular formula is C16H27N3O. The lowest BCUT2D eigenvalue weighted by atomic mass is 10.1. The number of benzene rings is 1. The summed E-state index contributed by atoms with van der Waals surface area (Å²) in [5, 5.41) is 8.26. The van der Waals surface area contributed by atoms with Gasteiger partial charge < -0.3 is 5.32 Å². The van der Waals surface area contributed by atoms with Gasteiger partial charge in [0, 0.05) is 11.7 Å². The Bertz CT molecular complexity index is 383. The van der Waals surface area contributed by atoms with E-state index in [1.807, 2.05) is 24.3 Å². The fourth-order valence-corrected chi connectivity index (χ4v) is 2.40. The molecule has 0 aliphatic carbocycles. The Morgan fingerprint density at radius 2 is 1.55 bits per heavy atom. The standard InChI is InChI=1S/C16H27N3O/c1-5-13(6-2)17-14-9-11-16(12-10-14)19(18-20)15(7-3)8-4/h9-13,15,17H,5-8H2,1-4H3. The van der Waals surface area contributed by atoms with E-state index in [1.54, 1.807) is 5.01 Å². The minimum Gasteiger partial charge on any atom is -0.382 e. The first-order valence-corrected chi connectivity index (χ1v) is 7.69. The third-order valence-electron chi connectivity index (χ3n) is 3.86. The summed E-state index contributed by atoms with van der Waals surface area (Å²) in [6.45, 7) is 8.52. The quantitative estimate of drug-likeness (QED) is 0.512. The molecule has 20 heavy (non-hydrogen) atoms. The van der Waals surface area contributed by atoms with E-state index in [0.717, 1.165) is 37.1 Å². The highest BCUT2D eigenvalue weighted by molar-refractivity contribution is 5.55. The van der Waals surface area contributed by atoms with Gasteiger partial charge in [-0.05, 0) is 49.9 Å². The normalized spacial score (nSPS) is 10.9. The van der Waals surface area contributed by atoms with E-state index in [9.17, 15) is 4.91 Å². The molecule has 1 aromatic rings.